The zero-order chi connectivity index (χ0) is 11.1. The SMILES string of the molecule is CC(N)CCCCC(N)C1CCNCC1. The van der Waals surface area contributed by atoms with Crippen molar-refractivity contribution in [1.29, 1.82) is 0 Å². The molecule has 0 radical (unpaired) electrons. The number of unbranched alkanes of at least 4 members (excludes halogenated alkanes) is 1. The molecule has 0 aromatic rings. The van der Waals surface area contributed by atoms with Gasteiger partial charge < -0.3 is 16.8 Å². The van der Waals surface area contributed by atoms with E-state index in [2.05, 4.69) is 12.2 Å². The van der Waals surface area contributed by atoms with Gasteiger partial charge in [-0.3, -0.25) is 0 Å². The fourth-order valence-corrected chi connectivity index (χ4v) is 2.35. The Morgan fingerprint density at radius 3 is 2.33 bits per heavy atom. The molecule has 1 saturated heterocycles. The Labute approximate surface area is 94.0 Å². The molecule has 3 heteroatoms. The van der Waals surface area contributed by atoms with E-state index in [0.717, 1.165) is 25.4 Å². The van der Waals surface area contributed by atoms with Crippen molar-refractivity contribution in [1.82, 2.24) is 5.32 Å². The molecule has 1 fully saturated rings. The largest absolute Gasteiger partial charge is 0.328 e. The van der Waals surface area contributed by atoms with E-state index in [0.29, 0.717) is 12.1 Å². The second-order valence-electron chi connectivity index (χ2n) is 5.01. The lowest BCUT2D eigenvalue weighted by Crippen LogP contribution is -2.38. The van der Waals surface area contributed by atoms with E-state index in [1.54, 1.807) is 0 Å². The van der Waals surface area contributed by atoms with Crippen LogP contribution in [0.25, 0.3) is 0 Å². The fourth-order valence-electron chi connectivity index (χ4n) is 2.35. The van der Waals surface area contributed by atoms with Gasteiger partial charge in [0.2, 0.25) is 0 Å². The average Bonchev–Trinajstić information content (AvgIpc) is 2.25. The average molecular weight is 213 g/mol. The van der Waals surface area contributed by atoms with Gasteiger partial charge in [0.05, 0.1) is 0 Å². The summed E-state index contributed by atoms with van der Waals surface area (Å²) >= 11 is 0. The quantitative estimate of drug-likeness (QED) is 0.581. The topological polar surface area (TPSA) is 64.1 Å². The van der Waals surface area contributed by atoms with Gasteiger partial charge in [-0.1, -0.05) is 12.8 Å². The second-order valence-corrected chi connectivity index (χ2v) is 5.01. The van der Waals surface area contributed by atoms with Gasteiger partial charge in [0.25, 0.3) is 0 Å². The normalized spacial score (nSPS) is 22.6. The van der Waals surface area contributed by atoms with Gasteiger partial charge in [-0.2, -0.15) is 0 Å². The monoisotopic (exact) mass is 213 g/mol. The van der Waals surface area contributed by atoms with Gasteiger partial charge in [-0.25, -0.2) is 0 Å². The minimum atomic E-state index is 0.347. The molecule has 5 N–H and O–H groups in total. The molecular formula is C12H27N3. The standard InChI is InChI=1S/C12H27N3/c1-10(13)4-2-3-5-12(14)11-6-8-15-9-7-11/h10-12,15H,2-9,13-14H2,1H3. The van der Waals surface area contributed by atoms with Gasteiger partial charge >= 0.3 is 0 Å². The third kappa shape index (κ3) is 5.50. The molecule has 0 amide bonds. The molecular weight excluding hydrogens is 186 g/mol. The molecule has 1 rings (SSSR count). The summed E-state index contributed by atoms with van der Waals surface area (Å²) in [7, 11) is 0. The van der Waals surface area contributed by atoms with Crippen LogP contribution in [0.4, 0.5) is 0 Å². The molecule has 0 spiro atoms. The number of nitrogens with one attached hydrogen (secondary N) is 1. The van der Waals surface area contributed by atoms with Crippen LogP contribution < -0.4 is 16.8 Å². The van der Waals surface area contributed by atoms with E-state index in [1.165, 1.54) is 32.1 Å². The number of hydrogen-bond donors (Lipinski definition) is 3. The van der Waals surface area contributed by atoms with E-state index >= 15 is 0 Å². The van der Waals surface area contributed by atoms with Crippen molar-refractivity contribution in [3.05, 3.63) is 0 Å². The summed E-state index contributed by atoms with van der Waals surface area (Å²) in [5.74, 6) is 0.751. The lowest BCUT2D eigenvalue weighted by Gasteiger charge is -2.28. The van der Waals surface area contributed by atoms with Gasteiger partial charge in [0.15, 0.2) is 0 Å². The van der Waals surface area contributed by atoms with Crippen molar-refractivity contribution in [2.75, 3.05) is 13.1 Å². The van der Waals surface area contributed by atoms with E-state index in [1.807, 2.05) is 0 Å². The highest BCUT2D eigenvalue weighted by Crippen LogP contribution is 2.18. The predicted molar refractivity (Wildman–Crippen MR) is 65.7 cm³/mol. The molecule has 0 saturated carbocycles. The van der Waals surface area contributed by atoms with Crippen LogP contribution in [-0.4, -0.2) is 25.2 Å². The predicted octanol–water partition coefficient (Wildman–Crippen LogP) is 1.22. The highest BCUT2D eigenvalue weighted by Gasteiger charge is 2.19. The maximum absolute atomic E-state index is 6.21. The Bertz CT molecular complexity index is 153. The molecule has 0 aromatic heterocycles. The van der Waals surface area contributed by atoms with Crippen molar-refractivity contribution in [3.63, 3.8) is 0 Å². The van der Waals surface area contributed by atoms with Crippen LogP contribution in [0.5, 0.6) is 0 Å². The Balaban J connectivity index is 2.04. The van der Waals surface area contributed by atoms with E-state index in [-0.39, 0.29) is 0 Å². The lowest BCUT2D eigenvalue weighted by molar-refractivity contribution is 0.302. The summed E-state index contributed by atoms with van der Waals surface area (Å²) in [5.41, 5.74) is 11.9. The van der Waals surface area contributed by atoms with Gasteiger partial charge in [0.1, 0.15) is 0 Å². The van der Waals surface area contributed by atoms with Crippen LogP contribution in [0.2, 0.25) is 0 Å². The third-order valence-electron chi connectivity index (χ3n) is 3.44. The first-order valence-electron chi connectivity index (χ1n) is 6.42. The maximum atomic E-state index is 6.21. The number of nitrogens with two attached hydrogens (primary N) is 2. The maximum Gasteiger partial charge on any atom is 0.00681 e. The molecule has 2 unspecified atom stereocenters. The first-order chi connectivity index (χ1) is 7.20. The van der Waals surface area contributed by atoms with Gasteiger partial charge in [-0.05, 0) is 51.6 Å². The zero-order valence-corrected chi connectivity index (χ0v) is 10.0. The Morgan fingerprint density at radius 2 is 1.73 bits per heavy atom. The molecule has 0 bridgehead atoms. The van der Waals surface area contributed by atoms with Gasteiger partial charge in [-0.15, -0.1) is 0 Å². The Kier molecular flexibility index (Phi) is 6.22. The molecule has 0 aliphatic carbocycles. The van der Waals surface area contributed by atoms with Crippen LogP contribution in [0.15, 0.2) is 0 Å². The summed E-state index contributed by atoms with van der Waals surface area (Å²) in [4.78, 5) is 0. The van der Waals surface area contributed by atoms with Crippen LogP contribution >= 0.6 is 0 Å². The van der Waals surface area contributed by atoms with Crippen molar-refractivity contribution >= 4 is 0 Å². The molecule has 15 heavy (non-hydrogen) atoms. The Morgan fingerprint density at radius 1 is 1.13 bits per heavy atom. The number of rotatable bonds is 6. The molecule has 1 aliphatic heterocycles. The lowest BCUT2D eigenvalue weighted by atomic mass is 9.88. The number of hydrogen-bond acceptors (Lipinski definition) is 3. The first-order valence-corrected chi connectivity index (χ1v) is 6.42. The summed E-state index contributed by atoms with van der Waals surface area (Å²) < 4.78 is 0. The van der Waals surface area contributed by atoms with Gasteiger partial charge in [0, 0.05) is 12.1 Å². The van der Waals surface area contributed by atoms with Crippen molar-refractivity contribution < 1.29 is 0 Å². The third-order valence-corrected chi connectivity index (χ3v) is 3.44. The molecule has 1 aliphatic rings. The first kappa shape index (κ1) is 12.9. The number of piperidine rings is 1. The summed E-state index contributed by atoms with van der Waals surface area (Å²) in [6.45, 7) is 4.38. The molecule has 1 heterocycles. The fraction of sp³-hybridized carbons (Fsp3) is 1.00. The van der Waals surface area contributed by atoms with Crippen LogP contribution in [0.1, 0.15) is 45.4 Å². The van der Waals surface area contributed by atoms with Crippen molar-refractivity contribution in [3.8, 4) is 0 Å². The van der Waals surface area contributed by atoms with Crippen molar-refractivity contribution in [2.24, 2.45) is 17.4 Å². The summed E-state index contributed by atoms with van der Waals surface area (Å²) in [6.07, 6.45) is 7.31. The van der Waals surface area contributed by atoms with Crippen LogP contribution in [0.3, 0.4) is 0 Å². The highest BCUT2D eigenvalue weighted by molar-refractivity contribution is 4.78. The smallest absolute Gasteiger partial charge is 0.00681 e. The molecule has 2 atom stereocenters. The summed E-state index contributed by atoms with van der Waals surface area (Å²) in [5, 5.41) is 3.38. The highest BCUT2D eigenvalue weighted by atomic mass is 14.9. The van der Waals surface area contributed by atoms with Crippen molar-refractivity contribution in [2.45, 2.75) is 57.5 Å². The molecule has 90 valence electrons. The van der Waals surface area contributed by atoms with E-state index in [4.69, 9.17) is 11.5 Å². The van der Waals surface area contributed by atoms with E-state index < -0.39 is 0 Å². The molecule has 3 nitrogen and oxygen atoms in total. The summed E-state index contributed by atoms with van der Waals surface area (Å²) in [6, 6.07) is 0.764. The second kappa shape index (κ2) is 7.20. The Hall–Kier alpha value is -0.120. The minimum absolute atomic E-state index is 0.347. The zero-order valence-electron chi connectivity index (χ0n) is 10.0. The minimum Gasteiger partial charge on any atom is -0.328 e. The van der Waals surface area contributed by atoms with Crippen LogP contribution in [-0.2, 0) is 0 Å². The van der Waals surface area contributed by atoms with E-state index in [9.17, 15) is 0 Å². The van der Waals surface area contributed by atoms with Crippen LogP contribution in [0, 0.1) is 5.92 Å². The molecule has 0 aromatic carbocycles.